The third kappa shape index (κ3) is 12.0. The van der Waals surface area contributed by atoms with Crippen molar-refractivity contribution in [3.63, 3.8) is 0 Å². The SMILES string of the molecule is OC(Cl)(Cl)C(Cl)Cl.Oc1ccc(Cl)cc1.Oc1ccccc1. The number of halogens is 5. The topological polar surface area (TPSA) is 60.7 Å². The maximum absolute atomic E-state index is 8.70. The van der Waals surface area contributed by atoms with Crippen LogP contribution in [0.2, 0.25) is 5.02 Å². The van der Waals surface area contributed by atoms with E-state index in [0.717, 1.165) is 0 Å². The Morgan fingerprint density at radius 1 is 0.773 bits per heavy atom. The Bertz CT molecular complexity index is 491. The van der Waals surface area contributed by atoms with Gasteiger partial charge in [0.15, 0.2) is 4.84 Å². The van der Waals surface area contributed by atoms with E-state index >= 15 is 0 Å². The molecule has 0 atom stereocenters. The van der Waals surface area contributed by atoms with Crippen LogP contribution in [-0.2, 0) is 0 Å². The second-order valence-corrected chi connectivity index (χ2v) is 6.58. The zero-order chi connectivity index (χ0) is 17.2. The van der Waals surface area contributed by atoms with E-state index < -0.39 is 9.36 Å². The molecule has 122 valence electrons. The Morgan fingerprint density at radius 3 is 1.36 bits per heavy atom. The third-order valence-corrected chi connectivity index (χ3v) is 3.61. The number of hydrogen-bond donors (Lipinski definition) is 3. The fourth-order valence-corrected chi connectivity index (χ4v) is 0.995. The number of para-hydroxylation sites is 1. The minimum Gasteiger partial charge on any atom is -0.508 e. The standard InChI is InChI=1S/C6H5ClO.C6H6O.C2H2Cl4O/c7-5-1-3-6(8)4-2-5;7-6-4-2-1-3-5-6;3-1(4)2(5,6)7/h1-4,8H;1-5,7H;1,7H. The van der Waals surface area contributed by atoms with E-state index in [-0.39, 0.29) is 5.75 Å². The van der Waals surface area contributed by atoms with E-state index in [4.69, 9.17) is 73.3 Å². The smallest absolute Gasteiger partial charge is 0.245 e. The van der Waals surface area contributed by atoms with Gasteiger partial charge in [0.05, 0.1) is 0 Å². The van der Waals surface area contributed by atoms with Gasteiger partial charge in [-0.25, -0.2) is 0 Å². The number of rotatable bonds is 1. The summed E-state index contributed by atoms with van der Waals surface area (Å²) in [6.45, 7) is 0. The molecule has 0 fully saturated rings. The molecule has 0 amide bonds. The first-order valence-corrected chi connectivity index (χ1v) is 7.70. The minimum atomic E-state index is -2.02. The molecule has 3 N–H and O–H groups in total. The van der Waals surface area contributed by atoms with Crippen LogP contribution in [0.5, 0.6) is 11.5 Å². The highest BCUT2D eigenvalue weighted by Gasteiger charge is 2.27. The average Bonchev–Trinajstić information content (AvgIpc) is 2.43. The molecule has 0 unspecified atom stereocenters. The summed E-state index contributed by atoms with van der Waals surface area (Å²) in [7, 11) is 0. The molecular weight excluding hydrogens is 393 g/mol. The molecule has 0 aliphatic rings. The van der Waals surface area contributed by atoms with Crippen molar-refractivity contribution < 1.29 is 15.3 Å². The van der Waals surface area contributed by atoms with Gasteiger partial charge in [-0.15, -0.1) is 0 Å². The normalized spacial score (nSPS) is 10.1. The lowest BCUT2D eigenvalue weighted by molar-refractivity contribution is 0.229. The first-order chi connectivity index (χ1) is 10.1. The first kappa shape index (κ1) is 21.4. The Labute approximate surface area is 153 Å². The third-order valence-electron chi connectivity index (χ3n) is 1.85. The van der Waals surface area contributed by atoms with Gasteiger partial charge in [0.2, 0.25) is 4.52 Å². The highest BCUT2D eigenvalue weighted by Crippen LogP contribution is 2.28. The summed E-state index contributed by atoms with van der Waals surface area (Å²) < 4.78 is -2.02. The van der Waals surface area contributed by atoms with Crippen molar-refractivity contribution in [2.75, 3.05) is 0 Å². The van der Waals surface area contributed by atoms with Gasteiger partial charge in [0.1, 0.15) is 11.5 Å². The second-order valence-electron chi connectivity index (χ2n) is 3.70. The molecule has 8 heteroatoms. The monoisotopic (exact) mass is 404 g/mol. The predicted octanol–water partition coefficient (Wildman–Crippen LogP) is 5.35. The highest BCUT2D eigenvalue weighted by atomic mass is 35.5. The molecule has 0 heterocycles. The van der Waals surface area contributed by atoms with Gasteiger partial charge in [-0.1, -0.05) is 76.2 Å². The van der Waals surface area contributed by atoms with Crippen molar-refractivity contribution in [1.29, 1.82) is 0 Å². The summed E-state index contributed by atoms with van der Waals surface area (Å²) in [5, 5.41) is 26.3. The van der Waals surface area contributed by atoms with Crippen LogP contribution in [0.3, 0.4) is 0 Å². The number of hydrogen-bond acceptors (Lipinski definition) is 3. The summed E-state index contributed by atoms with van der Waals surface area (Å²) >= 11 is 25.4. The van der Waals surface area contributed by atoms with Gasteiger partial charge < -0.3 is 15.3 Å². The van der Waals surface area contributed by atoms with E-state index in [2.05, 4.69) is 0 Å². The summed E-state index contributed by atoms with van der Waals surface area (Å²) in [4.78, 5) is -1.17. The molecule has 0 radical (unpaired) electrons. The maximum atomic E-state index is 8.70. The number of phenolic OH excluding ortho intramolecular Hbond substituents is 2. The van der Waals surface area contributed by atoms with Gasteiger partial charge in [0, 0.05) is 5.02 Å². The van der Waals surface area contributed by atoms with Gasteiger partial charge in [-0.3, -0.25) is 0 Å². The van der Waals surface area contributed by atoms with Gasteiger partial charge >= 0.3 is 0 Å². The second kappa shape index (κ2) is 11.1. The van der Waals surface area contributed by atoms with Crippen LogP contribution in [-0.4, -0.2) is 24.7 Å². The van der Waals surface area contributed by atoms with Crippen molar-refractivity contribution in [3.8, 4) is 11.5 Å². The molecule has 2 rings (SSSR count). The number of alkyl halides is 4. The van der Waals surface area contributed by atoms with E-state index in [1.807, 2.05) is 6.07 Å². The molecule has 2 aromatic rings. The highest BCUT2D eigenvalue weighted by molar-refractivity contribution is 6.58. The van der Waals surface area contributed by atoms with E-state index in [1.54, 1.807) is 48.5 Å². The Kier molecular flexibility index (Phi) is 10.8. The van der Waals surface area contributed by atoms with Crippen LogP contribution in [0.25, 0.3) is 0 Å². The van der Waals surface area contributed by atoms with Gasteiger partial charge in [-0.05, 0) is 36.4 Å². The molecule has 3 nitrogen and oxygen atoms in total. The average molecular weight is 407 g/mol. The predicted molar refractivity (Wildman–Crippen MR) is 93.4 cm³/mol. The van der Waals surface area contributed by atoms with Crippen LogP contribution >= 0.6 is 58.0 Å². The van der Waals surface area contributed by atoms with Crippen LogP contribution in [0.1, 0.15) is 0 Å². The Morgan fingerprint density at radius 2 is 1.14 bits per heavy atom. The zero-order valence-electron chi connectivity index (χ0n) is 11.0. The molecule has 0 aromatic heterocycles. The summed E-state index contributed by atoms with van der Waals surface area (Å²) in [5.74, 6) is 0.567. The Hall–Kier alpha value is -0.550. The molecule has 0 saturated heterocycles. The van der Waals surface area contributed by atoms with Crippen molar-refractivity contribution in [3.05, 3.63) is 59.6 Å². The van der Waals surface area contributed by atoms with E-state index in [9.17, 15) is 0 Å². The van der Waals surface area contributed by atoms with E-state index in [0.29, 0.717) is 10.8 Å². The number of aliphatic hydroxyl groups is 1. The number of benzene rings is 2. The molecule has 2 aromatic carbocycles. The molecule has 0 saturated carbocycles. The van der Waals surface area contributed by atoms with E-state index in [1.165, 1.54) is 0 Å². The zero-order valence-corrected chi connectivity index (χ0v) is 14.8. The molecule has 0 spiro atoms. The lowest BCUT2D eigenvalue weighted by atomic mass is 10.3. The van der Waals surface area contributed by atoms with Crippen molar-refractivity contribution in [2.24, 2.45) is 0 Å². The van der Waals surface area contributed by atoms with Gasteiger partial charge in [-0.2, -0.15) is 0 Å². The lowest BCUT2D eigenvalue weighted by Crippen LogP contribution is -2.19. The fraction of sp³-hybridized carbons (Fsp3) is 0.143. The molecule has 0 bridgehead atoms. The fourth-order valence-electron chi connectivity index (χ4n) is 0.869. The summed E-state index contributed by atoms with van der Waals surface area (Å²) in [6, 6.07) is 15.1. The van der Waals surface area contributed by atoms with Crippen LogP contribution in [0.15, 0.2) is 54.6 Å². The Balaban J connectivity index is 0.000000302. The molecule has 22 heavy (non-hydrogen) atoms. The summed E-state index contributed by atoms with van der Waals surface area (Å²) in [6.07, 6.45) is 0. The first-order valence-electron chi connectivity index (χ1n) is 5.69. The summed E-state index contributed by atoms with van der Waals surface area (Å²) in [5.41, 5.74) is 0. The number of aromatic hydroxyl groups is 2. The van der Waals surface area contributed by atoms with Crippen LogP contribution < -0.4 is 0 Å². The lowest BCUT2D eigenvalue weighted by Gasteiger charge is -2.10. The van der Waals surface area contributed by atoms with Crippen molar-refractivity contribution >= 4 is 58.0 Å². The minimum absolute atomic E-state index is 0.245. The van der Waals surface area contributed by atoms with Crippen LogP contribution in [0.4, 0.5) is 0 Å². The van der Waals surface area contributed by atoms with Crippen LogP contribution in [0, 0.1) is 0 Å². The van der Waals surface area contributed by atoms with Crippen molar-refractivity contribution in [2.45, 2.75) is 9.36 Å². The largest absolute Gasteiger partial charge is 0.508 e. The van der Waals surface area contributed by atoms with Crippen molar-refractivity contribution in [1.82, 2.24) is 0 Å². The maximum Gasteiger partial charge on any atom is 0.245 e. The quantitative estimate of drug-likeness (QED) is 0.560. The van der Waals surface area contributed by atoms with Gasteiger partial charge in [0.25, 0.3) is 0 Å². The molecular formula is C14H13Cl5O3. The number of phenols is 2. The molecule has 0 aliphatic carbocycles. The molecule has 0 aliphatic heterocycles.